The Morgan fingerprint density at radius 1 is 1.00 bits per heavy atom. The third-order valence-corrected chi connectivity index (χ3v) is 1.54. The van der Waals surface area contributed by atoms with Crippen molar-refractivity contribution in [3.05, 3.63) is 0 Å². The van der Waals surface area contributed by atoms with E-state index in [9.17, 15) is 0 Å². The minimum absolute atomic E-state index is 0.898. The molecule has 0 heterocycles. The van der Waals surface area contributed by atoms with Gasteiger partial charge in [0, 0.05) is 0 Å². The second kappa shape index (κ2) is 13.5. The van der Waals surface area contributed by atoms with Gasteiger partial charge in [0.15, 0.2) is 0 Å². The van der Waals surface area contributed by atoms with E-state index >= 15 is 0 Å². The Labute approximate surface area is 78.9 Å². The van der Waals surface area contributed by atoms with Gasteiger partial charge < -0.3 is 5.32 Å². The molecule has 0 spiro atoms. The fourth-order valence-electron chi connectivity index (χ4n) is 0.931. The molecule has 1 nitrogen and oxygen atoms in total. The van der Waals surface area contributed by atoms with Crippen molar-refractivity contribution in [1.29, 1.82) is 0 Å². The molecule has 0 aromatic rings. The van der Waals surface area contributed by atoms with Crippen LogP contribution in [0, 0.1) is 5.92 Å². The van der Waals surface area contributed by atoms with Crippen molar-refractivity contribution >= 4 is 0 Å². The molecule has 0 aromatic carbocycles. The average Bonchev–Trinajstić information content (AvgIpc) is 2.02. The molecule has 0 bridgehead atoms. The highest BCUT2D eigenvalue weighted by Crippen LogP contribution is 2.00. The molecule has 0 unspecified atom stereocenters. The summed E-state index contributed by atoms with van der Waals surface area (Å²) in [6, 6.07) is 0. The maximum Gasteiger partial charge on any atom is -0.00517 e. The number of nitrogens with one attached hydrogen (secondary N) is 1. The molecule has 0 aliphatic heterocycles. The number of rotatable bonds is 5. The zero-order valence-electron chi connectivity index (χ0n) is 9.61. The Hall–Kier alpha value is -0.0400. The summed E-state index contributed by atoms with van der Waals surface area (Å²) in [5.74, 6) is 0.898. The molecular formula is C11H27N. The van der Waals surface area contributed by atoms with Crippen molar-refractivity contribution in [2.45, 2.75) is 53.9 Å². The second-order valence-corrected chi connectivity index (χ2v) is 3.54. The summed E-state index contributed by atoms with van der Waals surface area (Å²) in [6.07, 6.45) is 3.95. The first-order valence-electron chi connectivity index (χ1n) is 5.39. The standard InChI is InChI=1S/C6H14.C5H13N/c1-4-5-6(2)3;1-3-5-6-4-2/h6H,4-5H2,1-3H3;6H,3-5H2,1-2H3. The first-order chi connectivity index (χ1) is 5.68. The molecule has 12 heavy (non-hydrogen) atoms. The van der Waals surface area contributed by atoms with Crippen molar-refractivity contribution in [3.63, 3.8) is 0 Å². The molecule has 1 heteroatoms. The van der Waals surface area contributed by atoms with Gasteiger partial charge in [0.05, 0.1) is 0 Å². The summed E-state index contributed by atoms with van der Waals surface area (Å²) >= 11 is 0. The lowest BCUT2D eigenvalue weighted by atomic mass is 10.1. The maximum absolute atomic E-state index is 3.20. The second-order valence-electron chi connectivity index (χ2n) is 3.54. The first-order valence-corrected chi connectivity index (χ1v) is 5.39. The third kappa shape index (κ3) is 22.5. The largest absolute Gasteiger partial charge is 0.317 e. The molecule has 1 N–H and O–H groups in total. The van der Waals surface area contributed by atoms with E-state index < -0.39 is 0 Å². The molecule has 0 aliphatic carbocycles. The van der Waals surface area contributed by atoms with Gasteiger partial charge in [0.2, 0.25) is 0 Å². The molecule has 0 atom stereocenters. The Kier molecular flexibility index (Phi) is 16.3. The average molecular weight is 173 g/mol. The summed E-state index contributed by atoms with van der Waals surface area (Å²) < 4.78 is 0. The smallest absolute Gasteiger partial charge is 0.00517 e. The van der Waals surface area contributed by atoms with Crippen molar-refractivity contribution in [1.82, 2.24) is 5.32 Å². The maximum atomic E-state index is 3.20. The van der Waals surface area contributed by atoms with Crippen LogP contribution in [0.25, 0.3) is 0 Å². The molecule has 0 saturated carbocycles. The topological polar surface area (TPSA) is 12.0 Å². The van der Waals surface area contributed by atoms with Gasteiger partial charge in [0.1, 0.15) is 0 Å². The monoisotopic (exact) mass is 173 g/mol. The fraction of sp³-hybridized carbons (Fsp3) is 1.00. The Morgan fingerprint density at radius 3 is 1.67 bits per heavy atom. The highest BCUT2D eigenvalue weighted by molar-refractivity contribution is 4.38. The highest BCUT2D eigenvalue weighted by Gasteiger charge is 1.85. The molecular weight excluding hydrogens is 146 g/mol. The predicted molar refractivity (Wildman–Crippen MR) is 58.6 cm³/mol. The van der Waals surface area contributed by atoms with Gasteiger partial charge in [-0.2, -0.15) is 0 Å². The molecule has 0 aromatic heterocycles. The van der Waals surface area contributed by atoms with Crippen molar-refractivity contribution in [2.24, 2.45) is 5.92 Å². The van der Waals surface area contributed by atoms with E-state index in [1.54, 1.807) is 0 Å². The van der Waals surface area contributed by atoms with Crippen LogP contribution in [-0.4, -0.2) is 13.1 Å². The fourth-order valence-corrected chi connectivity index (χ4v) is 0.931. The van der Waals surface area contributed by atoms with Crippen molar-refractivity contribution in [3.8, 4) is 0 Å². The van der Waals surface area contributed by atoms with Crippen LogP contribution in [0.1, 0.15) is 53.9 Å². The van der Waals surface area contributed by atoms with Gasteiger partial charge >= 0.3 is 0 Å². The van der Waals surface area contributed by atoms with E-state index in [-0.39, 0.29) is 0 Å². The predicted octanol–water partition coefficient (Wildman–Crippen LogP) is 3.45. The van der Waals surface area contributed by atoms with E-state index in [2.05, 4.69) is 39.9 Å². The van der Waals surface area contributed by atoms with Gasteiger partial charge in [-0.15, -0.1) is 0 Å². The molecule has 0 rings (SSSR count). The molecule has 0 radical (unpaired) electrons. The quantitative estimate of drug-likeness (QED) is 0.628. The normalized spacial score (nSPS) is 9.50. The Bertz CT molecular complexity index is 56.0. The minimum atomic E-state index is 0.898. The van der Waals surface area contributed by atoms with Crippen LogP contribution in [0.2, 0.25) is 0 Å². The zero-order valence-corrected chi connectivity index (χ0v) is 9.61. The summed E-state index contributed by atoms with van der Waals surface area (Å²) in [7, 11) is 0. The van der Waals surface area contributed by atoms with E-state index in [0.29, 0.717) is 0 Å². The molecule has 0 saturated heterocycles. The lowest BCUT2D eigenvalue weighted by Crippen LogP contribution is -2.12. The molecule has 0 amide bonds. The van der Waals surface area contributed by atoms with Gasteiger partial charge in [-0.3, -0.25) is 0 Å². The summed E-state index contributed by atoms with van der Waals surface area (Å²) in [6.45, 7) is 13.3. The van der Waals surface area contributed by atoms with Gasteiger partial charge in [0.25, 0.3) is 0 Å². The van der Waals surface area contributed by atoms with Crippen LogP contribution in [-0.2, 0) is 0 Å². The summed E-state index contributed by atoms with van der Waals surface area (Å²) in [5, 5.41) is 3.20. The summed E-state index contributed by atoms with van der Waals surface area (Å²) in [4.78, 5) is 0. The van der Waals surface area contributed by atoms with Crippen molar-refractivity contribution < 1.29 is 0 Å². The third-order valence-electron chi connectivity index (χ3n) is 1.54. The van der Waals surface area contributed by atoms with Crippen LogP contribution < -0.4 is 5.32 Å². The van der Waals surface area contributed by atoms with Gasteiger partial charge in [-0.1, -0.05) is 47.5 Å². The van der Waals surface area contributed by atoms with Gasteiger partial charge in [-0.25, -0.2) is 0 Å². The van der Waals surface area contributed by atoms with Crippen LogP contribution in [0.4, 0.5) is 0 Å². The van der Waals surface area contributed by atoms with Crippen LogP contribution in [0.5, 0.6) is 0 Å². The Morgan fingerprint density at radius 2 is 1.58 bits per heavy atom. The van der Waals surface area contributed by atoms with Gasteiger partial charge in [-0.05, 0) is 25.4 Å². The first kappa shape index (κ1) is 14.5. The highest BCUT2D eigenvalue weighted by atomic mass is 14.8. The van der Waals surface area contributed by atoms with Crippen LogP contribution in [0.3, 0.4) is 0 Å². The van der Waals surface area contributed by atoms with E-state index in [1.807, 2.05) is 0 Å². The lowest BCUT2D eigenvalue weighted by molar-refractivity contribution is 0.576. The van der Waals surface area contributed by atoms with Crippen LogP contribution >= 0.6 is 0 Å². The lowest BCUT2D eigenvalue weighted by Gasteiger charge is -1.95. The molecule has 76 valence electrons. The van der Waals surface area contributed by atoms with E-state index in [4.69, 9.17) is 0 Å². The van der Waals surface area contributed by atoms with E-state index in [0.717, 1.165) is 19.0 Å². The number of hydrogen-bond acceptors (Lipinski definition) is 1. The Balaban J connectivity index is 0. The minimum Gasteiger partial charge on any atom is -0.317 e. The number of hydrogen-bond donors (Lipinski definition) is 1. The SMILES string of the molecule is CCCC(C)C.CCCNCC. The molecule has 0 aliphatic rings. The van der Waals surface area contributed by atoms with Crippen molar-refractivity contribution in [2.75, 3.05) is 13.1 Å². The van der Waals surface area contributed by atoms with Crippen LogP contribution in [0.15, 0.2) is 0 Å². The zero-order chi connectivity index (χ0) is 9.82. The summed E-state index contributed by atoms with van der Waals surface area (Å²) in [5.41, 5.74) is 0. The van der Waals surface area contributed by atoms with E-state index in [1.165, 1.54) is 19.3 Å². The molecule has 0 fully saturated rings.